The van der Waals surface area contributed by atoms with E-state index in [1.54, 1.807) is 12.1 Å². The van der Waals surface area contributed by atoms with E-state index in [-0.39, 0.29) is 11.8 Å². The molecule has 2 aromatic carbocycles. The number of carbonyl (C=O) groups excluding carboxylic acids is 2. The molecule has 27 heavy (non-hydrogen) atoms. The first-order valence-electron chi connectivity index (χ1n) is 8.35. The van der Waals surface area contributed by atoms with Gasteiger partial charge < -0.3 is 5.32 Å². The van der Waals surface area contributed by atoms with Crippen molar-refractivity contribution in [3.05, 3.63) is 59.8 Å². The van der Waals surface area contributed by atoms with Crippen LogP contribution >= 0.6 is 11.3 Å². The Hall–Kier alpha value is -3.32. The second-order valence-electron chi connectivity index (χ2n) is 6.17. The number of nitrogens with one attached hydrogen (secondary N) is 2. The summed E-state index contributed by atoms with van der Waals surface area (Å²) >= 11 is 1.36. The third-order valence-corrected chi connectivity index (χ3v) is 4.95. The van der Waals surface area contributed by atoms with Crippen molar-refractivity contribution in [1.82, 2.24) is 9.97 Å². The molecule has 0 atom stereocenters. The minimum absolute atomic E-state index is 0.132. The lowest BCUT2D eigenvalue weighted by Gasteiger charge is -2.07. The molecule has 0 saturated carbocycles. The molecule has 0 bridgehead atoms. The highest BCUT2D eigenvalue weighted by Crippen LogP contribution is 2.29. The number of amides is 2. The maximum Gasteiger partial charge on any atom is 0.258 e. The Balaban J connectivity index is 1.66. The minimum Gasteiger partial charge on any atom is -0.326 e. The van der Waals surface area contributed by atoms with E-state index >= 15 is 0 Å². The summed E-state index contributed by atoms with van der Waals surface area (Å²) in [6.07, 6.45) is 0. The van der Waals surface area contributed by atoms with Crippen LogP contribution in [0.2, 0.25) is 0 Å². The molecule has 4 aromatic rings. The number of pyridine rings is 1. The third kappa shape index (κ3) is 3.50. The lowest BCUT2D eigenvalue weighted by Crippen LogP contribution is -2.13. The molecule has 0 aliphatic rings. The average molecular weight is 376 g/mol. The molecule has 0 aliphatic heterocycles. The molecule has 4 rings (SSSR count). The van der Waals surface area contributed by atoms with Gasteiger partial charge in [0.25, 0.3) is 5.91 Å². The van der Waals surface area contributed by atoms with E-state index in [1.807, 2.05) is 43.3 Å². The predicted molar refractivity (Wildman–Crippen MR) is 108 cm³/mol. The van der Waals surface area contributed by atoms with E-state index in [0.29, 0.717) is 16.4 Å². The van der Waals surface area contributed by atoms with Crippen LogP contribution in [-0.2, 0) is 4.79 Å². The first-order valence-corrected chi connectivity index (χ1v) is 9.17. The highest BCUT2D eigenvalue weighted by atomic mass is 32.1. The fourth-order valence-electron chi connectivity index (χ4n) is 2.92. The summed E-state index contributed by atoms with van der Waals surface area (Å²) in [6, 6.07) is 14.8. The first-order chi connectivity index (χ1) is 13.0. The van der Waals surface area contributed by atoms with Gasteiger partial charge in [-0.2, -0.15) is 0 Å². The lowest BCUT2D eigenvalue weighted by atomic mass is 10.1. The van der Waals surface area contributed by atoms with Crippen molar-refractivity contribution in [3.8, 4) is 0 Å². The highest BCUT2D eigenvalue weighted by Gasteiger charge is 2.14. The molecule has 6 nitrogen and oxygen atoms in total. The SMILES string of the molecule is CC(=O)Nc1ccc2nc(NC(=O)c3cc(C)nc4ccccc34)sc2c1. The Kier molecular flexibility index (Phi) is 4.29. The number of nitrogens with zero attached hydrogens (tertiary/aromatic N) is 2. The van der Waals surface area contributed by atoms with Crippen molar-refractivity contribution in [1.29, 1.82) is 0 Å². The zero-order chi connectivity index (χ0) is 19.0. The number of rotatable bonds is 3. The van der Waals surface area contributed by atoms with Gasteiger partial charge in [0.05, 0.1) is 21.3 Å². The van der Waals surface area contributed by atoms with Crippen LogP contribution in [0.4, 0.5) is 10.8 Å². The van der Waals surface area contributed by atoms with E-state index in [2.05, 4.69) is 20.6 Å². The van der Waals surface area contributed by atoms with E-state index < -0.39 is 0 Å². The van der Waals surface area contributed by atoms with Crippen LogP contribution in [0.25, 0.3) is 21.1 Å². The van der Waals surface area contributed by atoms with E-state index in [1.165, 1.54) is 18.3 Å². The maximum absolute atomic E-state index is 12.8. The molecule has 7 heteroatoms. The summed E-state index contributed by atoms with van der Waals surface area (Å²) in [5.74, 6) is -0.356. The van der Waals surface area contributed by atoms with Gasteiger partial charge in [-0.25, -0.2) is 4.98 Å². The molecule has 0 unspecified atom stereocenters. The van der Waals surface area contributed by atoms with Crippen LogP contribution in [-0.4, -0.2) is 21.8 Å². The minimum atomic E-state index is -0.224. The Morgan fingerprint density at radius 2 is 1.78 bits per heavy atom. The molecule has 2 heterocycles. The molecule has 0 fully saturated rings. The number of hydrogen-bond acceptors (Lipinski definition) is 5. The van der Waals surface area contributed by atoms with Crippen LogP contribution in [0.5, 0.6) is 0 Å². The number of thiazole rings is 1. The van der Waals surface area contributed by atoms with E-state index in [0.717, 1.165) is 26.8 Å². The quantitative estimate of drug-likeness (QED) is 0.556. The van der Waals surface area contributed by atoms with Gasteiger partial charge in [0.1, 0.15) is 0 Å². The molecule has 2 aromatic heterocycles. The first kappa shape index (κ1) is 17.1. The molecule has 2 N–H and O–H groups in total. The molecule has 134 valence electrons. The van der Waals surface area contributed by atoms with Gasteiger partial charge >= 0.3 is 0 Å². The molecular weight excluding hydrogens is 360 g/mol. The number of fused-ring (bicyclic) bond motifs is 2. The van der Waals surface area contributed by atoms with Crippen LogP contribution in [0, 0.1) is 6.92 Å². The largest absolute Gasteiger partial charge is 0.326 e. The van der Waals surface area contributed by atoms with Crippen LogP contribution < -0.4 is 10.6 Å². The van der Waals surface area contributed by atoms with Crippen LogP contribution in [0.3, 0.4) is 0 Å². The Morgan fingerprint density at radius 3 is 2.59 bits per heavy atom. The number of anilines is 2. The Bertz CT molecular complexity index is 1200. The second-order valence-corrected chi connectivity index (χ2v) is 7.20. The van der Waals surface area contributed by atoms with Gasteiger partial charge in [-0.15, -0.1) is 0 Å². The Morgan fingerprint density at radius 1 is 0.963 bits per heavy atom. The smallest absolute Gasteiger partial charge is 0.258 e. The van der Waals surface area contributed by atoms with Crippen LogP contribution in [0.15, 0.2) is 48.5 Å². The molecule has 0 spiro atoms. The van der Waals surface area contributed by atoms with Crippen molar-refractivity contribution in [2.45, 2.75) is 13.8 Å². The van der Waals surface area contributed by atoms with Crippen molar-refractivity contribution < 1.29 is 9.59 Å². The summed E-state index contributed by atoms with van der Waals surface area (Å²) in [6.45, 7) is 3.33. The van der Waals surface area contributed by atoms with Gasteiger partial charge in [0.15, 0.2) is 5.13 Å². The molecule has 0 radical (unpaired) electrons. The predicted octanol–water partition coefficient (Wildman–Crippen LogP) is 4.36. The summed E-state index contributed by atoms with van der Waals surface area (Å²) < 4.78 is 0.882. The summed E-state index contributed by atoms with van der Waals surface area (Å²) in [5.41, 5.74) is 3.60. The highest BCUT2D eigenvalue weighted by molar-refractivity contribution is 7.22. The standard InChI is InChI=1S/C20H16N4O2S/c1-11-9-15(14-5-3-4-6-16(14)21-11)19(26)24-20-23-17-8-7-13(22-12(2)25)10-18(17)27-20/h3-10H,1-2H3,(H,22,25)(H,23,24,26). The lowest BCUT2D eigenvalue weighted by molar-refractivity contribution is -0.114. The Labute approximate surface area is 159 Å². The molecule has 0 saturated heterocycles. The topological polar surface area (TPSA) is 84.0 Å². The molecular formula is C20H16N4O2S. The van der Waals surface area contributed by atoms with Crippen molar-refractivity contribution in [2.75, 3.05) is 10.6 Å². The fraction of sp³-hybridized carbons (Fsp3) is 0.100. The van der Waals surface area contributed by atoms with Gasteiger partial charge in [-0.3, -0.25) is 19.9 Å². The normalized spacial score (nSPS) is 10.9. The summed E-state index contributed by atoms with van der Waals surface area (Å²) in [4.78, 5) is 33.0. The number of para-hydroxylation sites is 1. The zero-order valence-corrected chi connectivity index (χ0v) is 15.6. The number of hydrogen-bond donors (Lipinski definition) is 2. The van der Waals surface area contributed by atoms with E-state index in [4.69, 9.17) is 0 Å². The zero-order valence-electron chi connectivity index (χ0n) is 14.7. The van der Waals surface area contributed by atoms with Crippen molar-refractivity contribution >= 4 is 55.1 Å². The molecule has 0 aliphatic carbocycles. The van der Waals surface area contributed by atoms with Gasteiger partial charge in [-0.1, -0.05) is 29.5 Å². The summed E-state index contributed by atoms with van der Waals surface area (Å²) in [5, 5.41) is 6.93. The second kappa shape index (κ2) is 6.77. The van der Waals surface area contributed by atoms with E-state index in [9.17, 15) is 9.59 Å². The number of benzene rings is 2. The third-order valence-electron chi connectivity index (χ3n) is 4.02. The van der Waals surface area contributed by atoms with Gasteiger partial charge in [-0.05, 0) is 37.3 Å². The van der Waals surface area contributed by atoms with Gasteiger partial charge in [0, 0.05) is 23.7 Å². The monoisotopic (exact) mass is 376 g/mol. The number of carbonyl (C=O) groups is 2. The van der Waals surface area contributed by atoms with Gasteiger partial charge in [0.2, 0.25) is 5.91 Å². The fourth-order valence-corrected chi connectivity index (χ4v) is 3.82. The molecule has 2 amide bonds. The average Bonchev–Trinajstić information content (AvgIpc) is 3.01. The summed E-state index contributed by atoms with van der Waals surface area (Å²) in [7, 11) is 0. The van der Waals surface area contributed by atoms with Crippen molar-refractivity contribution in [3.63, 3.8) is 0 Å². The number of aryl methyl sites for hydroxylation is 1. The van der Waals surface area contributed by atoms with Crippen LogP contribution in [0.1, 0.15) is 23.0 Å². The van der Waals surface area contributed by atoms with Crippen molar-refractivity contribution in [2.24, 2.45) is 0 Å². The number of aromatic nitrogens is 2. The maximum atomic E-state index is 12.8.